The minimum absolute atomic E-state index is 0.00935. The van der Waals surface area contributed by atoms with Crippen LogP contribution in [0.3, 0.4) is 0 Å². The Morgan fingerprint density at radius 2 is 2.13 bits per heavy atom. The molecule has 0 radical (unpaired) electrons. The molecule has 2 aromatic rings. The number of carbonyl (C=O) groups is 1. The normalized spacial score (nSPS) is 15.6. The van der Waals surface area contributed by atoms with Gasteiger partial charge in [0.2, 0.25) is 0 Å². The molecule has 0 aliphatic carbocycles. The molecule has 0 unspecified atom stereocenters. The SMILES string of the molecule is COc1cc(Br)c(C=C2CSc3ccc(F)cc3C2=O)cc1O. The second-order valence-electron chi connectivity index (χ2n) is 4.97. The van der Waals surface area contributed by atoms with Crippen molar-refractivity contribution in [3.63, 3.8) is 0 Å². The summed E-state index contributed by atoms with van der Waals surface area (Å²) in [6.07, 6.45) is 1.70. The average Bonchev–Trinajstić information content (AvgIpc) is 2.53. The number of hydrogen-bond acceptors (Lipinski definition) is 4. The Kier molecular flexibility index (Phi) is 4.46. The molecule has 2 aromatic carbocycles. The van der Waals surface area contributed by atoms with Crippen molar-refractivity contribution in [1.82, 2.24) is 0 Å². The first-order valence-corrected chi connectivity index (χ1v) is 8.51. The van der Waals surface area contributed by atoms with Gasteiger partial charge in [-0.15, -0.1) is 11.8 Å². The average molecular weight is 395 g/mol. The van der Waals surface area contributed by atoms with Gasteiger partial charge < -0.3 is 9.84 Å². The fourth-order valence-electron chi connectivity index (χ4n) is 2.33. The van der Waals surface area contributed by atoms with E-state index in [1.165, 1.54) is 37.1 Å². The summed E-state index contributed by atoms with van der Waals surface area (Å²) in [5.74, 6) is 0.208. The van der Waals surface area contributed by atoms with Crippen LogP contribution < -0.4 is 4.74 Å². The van der Waals surface area contributed by atoms with Crippen molar-refractivity contribution in [2.24, 2.45) is 0 Å². The number of Topliss-reactive ketones (excluding diaryl/α,β-unsaturated/α-hetero) is 1. The number of carbonyl (C=O) groups excluding carboxylic acids is 1. The van der Waals surface area contributed by atoms with Crippen molar-refractivity contribution >= 4 is 39.6 Å². The molecule has 0 amide bonds. The number of methoxy groups -OCH3 is 1. The first-order valence-electron chi connectivity index (χ1n) is 6.73. The molecule has 0 bridgehead atoms. The van der Waals surface area contributed by atoms with E-state index in [1.54, 1.807) is 18.2 Å². The number of benzene rings is 2. The second kappa shape index (κ2) is 6.37. The van der Waals surface area contributed by atoms with Crippen LogP contribution in [0, 0.1) is 5.82 Å². The highest BCUT2D eigenvalue weighted by Crippen LogP contribution is 2.37. The molecule has 1 heterocycles. The summed E-state index contributed by atoms with van der Waals surface area (Å²) in [5.41, 5.74) is 1.59. The van der Waals surface area contributed by atoms with E-state index < -0.39 is 5.82 Å². The van der Waals surface area contributed by atoms with Gasteiger partial charge in [0.1, 0.15) is 5.82 Å². The zero-order valence-corrected chi connectivity index (χ0v) is 14.5. The summed E-state index contributed by atoms with van der Waals surface area (Å²) in [5, 5.41) is 9.89. The molecule has 0 aromatic heterocycles. The lowest BCUT2D eigenvalue weighted by Crippen LogP contribution is -2.12. The van der Waals surface area contributed by atoms with Crippen LogP contribution in [0.2, 0.25) is 0 Å². The number of phenolic OH excluding ortho intramolecular Hbond substituents is 1. The Labute approximate surface area is 145 Å². The van der Waals surface area contributed by atoms with E-state index in [0.717, 1.165) is 4.90 Å². The lowest BCUT2D eigenvalue weighted by Gasteiger charge is -2.17. The molecule has 3 rings (SSSR count). The minimum atomic E-state index is -0.428. The van der Waals surface area contributed by atoms with Crippen LogP contribution in [0.1, 0.15) is 15.9 Å². The Hall–Kier alpha value is -1.79. The second-order valence-corrected chi connectivity index (χ2v) is 6.84. The van der Waals surface area contributed by atoms with E-state index in [4.69, 9.17) is 4.74 Å². The van der Waals surface area contributed by atoms with E-state index in [0.29, 0.717) is 32.7 Å². The van der Waals surface area contributed by atoms with Gasteiger partial charge in [0.05, 0.1) is 7.11 Å². The molecule has 0 spiro atoms. The molecular weight excluding hydrogens is 383 g/mol. The number of aromatic hydroxyl groups is 1. The summed E-state index contributed by atoms with van der Waals surface area (Å²) in [6.45, 7) is 0. The highest BCUT2D eigenvalue weighted by Gasteiger charge is 2.23. The summed E-state index contributed by atoms with van der Waals surface area (Å²) < 4.78 is 19.1. The van der Waals surface area contributed by atoms with Crippen molar-refractivity contribution in [2.75, 3.05) is 12.9 Å². The maximum atomic E-state index is 13.4. The zero-order valence-electron chi connectivity index (χ0n) is 12.1. The summed E-state index contributed by atoms with van der Waals surface area (Å²) >= 11 is 4.89. The van der Waals surface area contributed by atoms with Gasteiger partial charge in [-0.1, -0.05) is 15.9 Å². The molecule has 0 atom stereocenters. The lowest BCUT2D eigenvalue weighted by atomic mass is 10.0. The Morgan fingerprint density at radius 3 is 2.87 bits per heavy atom. The summed E-state index contributed by atoms with van der Waals surface area (Å²) in [4.78, 5) is 13.3. The number of hydrogen-bond donors (Lipinski definition) is 1. The fraction of sp³-hybridized carbons (Fsp3) is 0.118. The predicted octanol–water partition coefficient (Wildman–Crippen LogP) is 4.67. The Bertz CT molecular complexity index is 833. The number of thioether (sulfide) groups is 1. The first kappa shape index (κ1) is 16.1. The highest BCUT2D eigenvalue weighted by atomic mass is 79.9. The third-order valence-electron chi connectivity index (χ3n) is 3.49. The quantitative estimate of drug-likeness (QED) is 0.751. The molecule has 118 valence electrons. The summed E-state index contributed by atoms with van der Waals surface area (Å²) in [7, 11) is 1.46. The Morgan fingerprint density at radius 1 is 1.35 bits per heavy atom. The van der Waals surface area contributed by atoms with E-state index in [-0.39, 0.29) is 11.5 Å². The van der Waals surface area contributed by atoms with Crippen LogP contribution in [-0.4, -0.2) is 23.8 Å². The maximum Gasteiger partial charge on any atom is 0.191 e. The van der Waals surface area contributed by atoms with Gasteiger partial charge in [0, 0.05) is 26.3 Å². The molecule has 0 saturated heterocycles. The van der Waals surface area contributed by atoms with E-state index in [9.17, 15) is 14.3 Å². The van der Waals surface area contributed by atoms with Crippen LogP contribution in [0.25, 0.3) is 6.08 Å². The number of halogens is 2. The van der Waals surface area contributed by atoms with Crippen LogP contribution in [0.15, 0.2) is 45.3 Å². The van der Waals surface area contributed by atoms with Crippen molar-refractivity contribution in [3.8, 4) is 11.5 Å². The van der Waals surface area contributed by atoms with Gasteiger partial charge in [-0.25, -0.2) is 4.39 Å². The smallest absolute Gasteiger partial charge is 0.191 e. The van der Waals surface area contributed by atoms with Gasteiger partial charge in [-0.2, -0.15) is 0 Å². The largest absolute Gasteiger partial charge is 0.504 e. The van der Waals surface area contributed by atoms with E-state index in [1.807, 2.05) is 0 Å². The van der Waals surface area contributed by atoms with Crippen molar-refractivity contribution < 1.29 is 19.0 Å². The molecule has 1 aliphatic rings. The van der Waals surface area contributed by atoms with Gasteiger partial charge in [-0.05, 0) is 42.0 Å². The van der Waals surface area contributed by atoms with Gasteiger partial charge >= 0.3 is 0 Å². The van der Waals surface area contributed by atoms with Crippen molar-refractivity contribution in [2.45, 2.75) is 4.90 Å². The number of phenols is 1. The number of fused-ring (bicyclic) bond motifs is 1. The third kappa shape index (κ3) is 3.14. The number of rotatable bonds is 2. The maximum absolute atomic E-state index is 13.4. The van der Waals surface area contributed by atoms with Crippen LogP contribution in [0.4, 0.5) is 4.39 Å². The molecule has 23 heavy (non-hydrogen) atoms. The first-order chi connectivity index (χ1) is 11.0. The Balaban J connectivity index is 2.01. The van der Waals surface area contributed by atoms with Gasteiger partial charge in [-0.3, -0.25) is 4.79 Å². The monoisotopic (exact) mass is 394 g/mol. The van der Waals surface area contributed by atoms with Gasteiger partial charge in [0.25, 0.3) is 0 Å². The molecule has 1 N–H and O–H groups in total. The number of ether oxygens (including phenoxy) is 1. The molecule has 0 fully saturated rings. The standard InChI is InChI=1S/C17H12BrFO3S/c1-22-15-7-13(18)9(5-14(15)20)4-10-8-23-16-3-2-11(19)6-12(16)17(10)21/h2-7,20H,8H2,1H3. The number of ketones is 1. The molecule has 3 nitrogen and oxygen atoms in total. The predicted molar refractivity (Wildman–Crippen MR) is 91.8 cm³/mol. The van der Waals surface area contributed by atoms with Crippen LogP contribution in [0.5, 0.6) is 11.5 Å². The van der Waals surface area contributed by atoms with Crippen molar-refractivity contribution in [1.29, 1.82) is 0 Å². The van der Waals surface area contributed by atoms with E-state index >= 15 is 0 Å². The molecular formula is C17H12BrFO3S. The molecule has 1 aliphatic heterocycles. The van der Waals surface area contributed by atoms with Crippen LogP contribution >= 0.6 is 27.7 Å². The molecule has 6 heteroatoms. The minimum Gasteiger partial charge on any atom is -0.504 e. The zero-order chi connectivity index (χ0) is 16.6. The molecule has 0 saturated carbocycles. The summed E-state index contributed by atoms with van der Waals surface area (Å²) in [6, 6.07) is 7.40. The lowest BCUT2D eigenvalue weighted by molar-refractivity contribution is 0.103. The topological polar surface area (TPSA) is 46.5 Å². The van der Waals surface area contributed by atoms with E-state index in [2.05, 4.69) is 15.9 Å². The van der Waals surface area contributed by atoms with Gasteiger partial charge in [0.15, 0.2) is 17.3 Å². The third-order valence-corrected chi connectivity index (χ3v) is 5.30. The van der Waals surface area contributed by atoms with Crippen LogP contribution in [-0.2, 0) is 0 Å². The fourth-order valence-corrected chi connectivity index (χ4v) is 3.76. The van der Waals surface area contributed by atoms with Crippen molar-refractivity contribution in [3.05, 3.63) is 57.3 Å². The highest BCUT2D eigenvalue weighted by molar-refractivity contribution is 9.10.